The van der Waals surface area contributed by atoms with Gasteiger partial charge in [0.25, 0.3) is 0 Å². The smallest absolute Gasteiger partial charge is 0.305 e. The van der Waals surface area contributed by atoms with Crippen LogP contribution in [-0.4, -0.2) is 41.6 Å². The number of likely N-dealkylation sites (N-methyl/N-ethyl adjacent to an activating group) is 1. The van der Waals surface area contributed by atoms with Crippen LogP contribution in [0.2, 0.25) is 0 Å². The lowest BCUT2D eigenvalue weighted by molar-refractivity contribution is -0.138. The van der Waals surface area contributed by atoms with Gasteiger partial charge in [0.2, 0.25) is 5.91 Å². The highest BCUT2D eigenvalue weighted by Gasteiger charge is 2.33. The van der Waals surface area contributed by atoms with Crippen LogP contribution in [0.25, 0.3) is 0 Å². The monoisotopic (exact) mass is 341 g/mol. The molecule has 1 aliphatic heterocycles. The number of nitrogens with zero attached hydrogens (tertiary/aromatic N) is 1. The van der Waals surface area contributed by atoms with Gasteiger partial charge >= 0.3 is 5.97 Å². The number of benzene rings is 1. The molecule has 1 amide bonds. The Balaban J connectivity index is 2.14. The van der Waals surface area contributed by atoms with E-state index in [-0.39, 0.29) is 24.8 Å². The summed E-state index contributed by atoms with van der Waals surface area (Å²) in [5.41, 5.74) is 0.859. The number of carboxylic acid groups (broad SMARTS) is 1. The van der Waals surface area contributed by atoms with Crippen molar-refractivity contribution in [2.24, 2.45) is 0 Å². The summed E-state index contributed by atoms with van der Waals surface area (Å²) in [4.78, 5) is 24.7. The number of carboxylic acids is 1. The zero-order chi connectivity index (χ0) is 14.7. The summed E-state index contributed by atoms with van der Waals surface area (Å²) in [5.74, 6) is -0.607. The van der Waals surface area contributed by atoms with Gasteiger partial charge in [-0.1, -0.05) is 15.9 Å². The normalized spacial score (nSPS) is 16.4. The van der Waals surface area contributed by atoms with Crippen molar-refractivity contribution in [3.63, 3.8) is 0 Å². The third-order valence-electron chi connectivity index (χ3n) is 3.34. The number of ether oxygens (including phenoxy) is 1. The third-order valence-corrected chi connectivity index (χ3v) is 3.83. The number of amides is 1. The Morgan fingerprint density at radius 2 is 2.25 bits per heavy atom. The van der Waals surface area contributed by atoms with E-state index in [2.05, 4.69) is 15.9 Å². The van der Waals surface area contributed by atoms with Crippen molar-refractivity contribution in [1.29, 1.82) is 0 Å². The van der Waals surface area contributed by atoms with Crippen molar-refractivity contribution < 1.29 is 19.4 Å². The van der Waals surface area contributed by atoms with Crippen LogP contribution in [-0.2, 0) is 9.59 Å². The Kier molecular flexibility index (Phi) is 4.65. The molecule has 1 atom stereocenters. The van der Waals surface area contributed by atoms with Crippen molar-refractivity contribution in [3.8, 4) is 5.75 Å². The van der Waals surface area contributed by atoms with Crippen LogP contribution in [0.4, 0.5) is 0 Å². The molecule has 0 aromatic heterocycles. The molecule has 108 valence electrons. The van der Waals surface area contributed by atoms with Crippen molar-refractivity contribution in [2.45, 2.75) is 19.3 Å². The largest absolute Gasteiger partial charge is 0.492 e. The molecule has 0 bridgehead atoms. The summed E-state index contributed by atoms with van der Waals surface area (Å²) >= 11 is 3.39. The van der Waals surface area contributed by atoms with E-state index in [9.17, 15) is 9.59 Å². The van der Waals surface area contributed by atoms with E-state index in [1.807, 2.05) is 25.1 Å². The Hall–Kier alpha value is -1.56. The predicted molar refractivity (Wildman–Crippen MR) is 76.9 cm³/mol. The first kappa shape index (κ1) is 14.8. The summed E-state index contributed by atoms with van der Waals surface area (Å²) < 4.78 is 6.42. The molecule has 2 rings (SSSR count). The van der Waals surface area contributed by atoms with Crippen LogP contribution in [0.1, 0.15) is 24.8 Å². The van der Waals surface area contributed by atoms with Crippen LogP contribution in [0.5, 0.6) is 5.75 Å². The fraction of sp³-hybridized carbons (Fsp3) is 0.429. The Bertz CT molecular complexity index is 532. The molecular formula is C14H16BrNO4. The maximum Gasteiger partial charge on any atom is 0.305 e. The number of halogens is 1. The lowest BCUT2D eigenvalue weighted by Crippen LogP contribution is -2.37. The van der Waals surface area contributed by atoms with Gasteiger partial charge in [0.1, 0.15) is 18.3 Å². The summed E-state index contributed by atoms with van der Waals surface area (Å²) in [6.07, 6.45) is -0.0432. The van der Waals surface area contributed by atoms with Gasteiger partial charge in [-0.25, -0.2) is 0 Å². The average molecular weight is 342 g/mol. The SMILES string of the molecule is CCN(CCC(=O)O)C(=O)C1COc2ccc(Br)cc21. The van der Waals surface area contributed by atoms with E-state index in [0.717, 1.165) is 15.8 Å². The molecule has 0 aliphatic carbocycles. The van der Waals surface area contributed by atoms with Gasteiger partial charge in [0, 0.05) is 23.1 Å². The molecule has 1 N–H and O–H groups in total. The second-order valence-electron chi connectivity index (χ2n) is 4.61. The van der Waals surface area contributed by atoms with E-state index in [0.29, 0.717) is 13.2 Å². The molecule has 1 unspecified atom stereocenters. The van der Waals surface area contributed by atoms with Crippen molar-refractivity contribution in [2.75, 3.05) is 19.7 Å². The lowest BCUT2D eigenvalue weighted by Gasteiger charge is -2.23. The second-order valence-corrected chi connectivity index (χ2v) is 5.52. The Labute approximate surface area is 125 Å². The summed E-state index contributed by atoms with van der Waals surface area (Å²) in [6, 6.07) is 5.59. The maximum absolute atomic E-state index is 12.5. The first-order valence-electron chi connectivity index (χ1n) is 6.45. The fourth-order valence-corrected chi connectivity index (χ4v) is 2.64. The van der Waals surface area contributed by atoms with Crippen molar-refractivity contribution >= 4 is 27.8 Å². The standard InChI is InChI=1S/C14H16BrNO4/c1-2-16(6-5-13(17)18)14(19)11-8-20-12-4-3-9(15)7-10(11)12/h3-4,7,11H,2,5-6,8H2,1H3,(H,17,18). The molecule has 5 nitrogen and oxygen atoms in total. The average Bonchev–Trinajstić information content (AvgIpc) is 2.81. The highest BCUT2D eigenvalue weighted by molar-refractivity contribution is 9.10. The van der Waals surface area contributed by atoms with Crippen LogP contribution < -0.4 is 4.74 Å². The number of hydrogen-bond donors (Lipinski definition) is 1. The molecule has 0 saturated carbocycles. The molecular weight excluding hydrogens is 326 g/mol. The molecule has 20 heavy (non-hydrogen) atoms. The number of fused-ring (bicyclic) bond motifs is 1. The summed E-state index contributed by atoms with van der Waals surface area (Å²) in [7, 11) is 0. The van der Waals surface area contributed by atoms with Gasteiger partial charge in [-0.15, -0.1) is 0 Å². The van der Waals surface area contributed by atoms with Gasteiger partial charge in [-0.2, -0.15) is 0 Å². The highest BCUT2D eigenvalue weighted by atomic mass is 79.9. The van der Waals surface area contributed by atoms with Crippen LogP contribution in [0.15, 0.2) is 22.7 Å². The molecule has 1 heterocycles. The van der Waals surface area contributed by atoms with Gasteiger partial charge in [-0.3, -0.25) is 9.59 Å². The zero-order valence-electron chi connectivity index (χ0n) is 11.1. The van der Waals surface area contributed by atoms with Gasteiger partial charge in [-0.05, 0) is 25.1 Å². The third kappa shape index (κ3) is 3.12. The fourth-order valence-electron chi connectivity index (χ4n) is 2.27. The molecule has 6 heteroatoms. The molecule has 1 aliphatic rings. The van der Waals surface area contributed by atoms with Crippen LogP contribution >= 0.6 is 15.9 Å². The highest BCUT2D eigenvalue weighted by Crippen LogP contribution is 2.36. The van der Waals surface area contributed by atoms with Crippen molar-refractivity contribution in [1.82, 2.24) is 4.90 Å². The predicted octanol–water partition coefficient (Wildman–Crippen LogP) is 2.25. The minimum Gasteiger partial charge on any atom is -0.492 e. The van der Waals surface area contributed by atoms with Crippen LogP contribution in [0.3, 0.4) is 0 Å². The zero-order valence-corrected chi connectivity index (χ0v) is 12.7. The number of aliphatic carboxylic acids is 1. The molecule has 1 aromatic rings. The maximum atomic E-state index is 12.5. The molecule has 0 spiro atoms. The lowest BCUT2D eigenvalue weighted by atomic mass is 10.00. The van der Waals surface area contributed by atoms with Gasteiger partial charge < -0.3 is 14.7 Å². The Morgan fingerprint density at radius 1 is 1.50 bits per heavy atom. The second kappa shape index (κ2) is 6.26. The number of carbonyl (C=O) groups is 2. The molecule has 1 aromatic carbocycles. The number of carbonyl (C=O) groups excluding carboxylic acids is 1. The molecule has 0 saturated heterocycles. The summed E-state index contributed by atoms with van der Waals surface area (Å²) in [5, 5.41) is 8.73. The van der Waals surface area contributed by atoms with Crippen molar-refractivity contribution in [3.05, 3.63) is 28.2 Å². The Morgan fingerprint density at radius 3 is 2.90 bits per heavy atom. The van der Waals surface area contributed by atoms with E-state index < -0.39 is 5.97 Å². The number of rotatable bonds is 5. The van der Waals surface area contributed by atoms with E-state index in [1.54, 1.807) is 4.90 Å². The van der Waals surface area contributed by atoms with E-state index >= 15 is 0 Å². The van der Waals surface area contributed by atoms with E-state index in [4.69, 9.17) is 9.84 Å². The summed E-state index contributed by atoms with van der Waals surface area (Å²) in [6.45, 7) is 2.88. The number of hydrogen-bond acceptors (Lipinski definition) is 3. The first-order chi connectivity index (χ1) is 9.52. The molecule has 0 fully saturated rings. The minimum atomic E-state index is -0.901. The first-order valence-corrected chi connectivity index (χ1v) is 7.25. The molecule has 0 radical (unpaired) electrons. The quantitative estimate of drug-likeness (QED) is 0.891. The minimum absolute atomic E-state index is 0.0432. The van der Waals surface area contributed by atoms with Gasteiger partial charge in [0.05, 0.1) is 6.42 Å². The van der Waals surface area contributed by atoms with E-state index in [1.165, 1.54) is 0 Å². The topological polar surface area (TPSA) is 66.8 Å². The van der Waals surface area contributed by atoms with Crippen LogP contribution in [0, 0.1) is 0 Å². The van der Waals surface area contributed by atoms with Gasteiger partial charge in [0.15, 0.2) is 0 Å².